The molecule has 0 atom stereocenters. The van der Waals surface area contributed by atoms with Crippen LogP contribution in [0.15, 0.2) is 36.4 Å². The number of benzene rings is 2. The fourth-order valence-corrected chi connectivity index (χ4v) is 2.10. The number of hydrogen-bond donors (Lipinski definition) is 1. The predicted molar refractivity (Wildman–Crippen MR) is 72.9 cm³/mol. The van der Waals surface area contributed by atoms with Crippen molar-refractivity contribution in [1.82, 2.24) is 0 Å². The van der Waals surface area contributed by atoms with Gasteiger partial charge in [0.15, 0.2) is 0 Å². The van der Waals surface area contributed by atoms with Crippen LogP contribution in [-0.2, 0) is 0 Å². The van der Waals surface area contributed by atoms with Gasteiger partial charge in [-0.15, -0.1) is 0 Å². The van der Waals surface area contributed by atoms with Crippen LogP contribution in [0.2, 0.25) is 10.0 Å². The summed E-state index contributed by atoms with van der Waals surface area (Å²) in [4.78, 5) is 0. The van der Waals surface area contributed by atoms with E-state index >= 15 is 0 Å². The summed E-state index contributed by atoms with van der Waals surface area (Å²) in [6.45, 7) is 0. The average Bonchev–Trinajstić information content (AvgIpc) is 2.29. The van der Waals surface area contributed by atoms with Gasteiger partial charge in [0.1, 0.15) is 5.75 Å². The highest BCUT2D eigenvalue weighted by molar-refractivity contribution is 6.34. The van der Waals surface area contributed by atoms with E-state index in [-0.39, 0.29) is 0 Å². The molecule has 0 aromatic heterocycles. The molecule has 2 nitrogen and oxygen atoms in total. The first-order chi connectivity index (χ1) is 8.11. The first-order valence-corrected chi connectivity index (χ1v) is 5.76. The highest BCUT2D eigenvalue weighted by Gasteiger charge is 2.10. The number of methoxy groups -OCH3 is 1. The summed E-state index contributed by atoms with van der Waals surface area (Å²) in [5.74, 6) is 0.723. The van der Waals surface area contributed by atoms with Crippen LogP contribution in [-0.4, -0.2) is 7.11 Å². The smallest absolute Gasteiger partial charge is 0.126 e. The second-order valence-electron chi connectivity index (χ2n) is 3.58. The second-order valence-corrected chi connectivity index (χ2v) is 4.43. The Kier molecular flexibility index (Phi) is 3.46. The normalized spacial score (nSPS) is 10.3. The highest BCUT2D eigenvalue weighted by Crippen LogP contribution is 2.37. The SMILES string of the molecule is COc1ccc(Cl)cc1-c1ccc(N)cc1Cl. The van der Waals surface area contributed by atoms with Crippen molar-refractivity contribution in [3.05, 3.63) is 46.4 Å². The molecule has 0 aliphatic heterocycles. The van der Waals surface area contributed by atoms with E-state index < -0.39 is 0 Å². The number of nitrogen functional groups attached to an aromatic ring is 1. The largest absolute Gasteiger partial charge is 0.496 e. The first kappa shape index (κ1) is 12.1. The lowest BCUT2D eigenvalue weighted by Gasteiger charge is -2.11. The topological polar surface area (TPSA) is 35.2 Å². The predicted octanol–water partition coefficient (Wildman–Crippen LogP) is 4.25. The van der Waals surface area contributed by atoms with E-state index in [1.807, 2.05) is 18.2 Å². The Morgan fingerprint density at radius 1 is 1.00 bits per heavy atom. The van der Waals surface area contributed by atoms with Crippen molar-refractivity contribution in [3.8, 4) is 16.9 Å². The molecule has 0 spiro atoms. The molecule has 0 saturated carbocycles. The summed E-state index contributed by atoms with van der Waals surface area (Å²) in [7, 11) is 1.61. The van der Waals surface area contributed by atoms with Crippen LogP contribution in [0.5, 0.6) is 5.75 Å². The van der Waals surface area contributed by atoms with Gasteiger partial charge < -0.3 is 10.5 Å². The lowest BCUT2D eigenvalue weighted by atomic mass is 10.0. The van der Waals surface area contributed by atoms with Crippen LogP contribution in [0, 0.1) is 0 Å². The molecule has 88 valence electrons. The Morgan fingerprint density at radius 3 is 2.41 bits per heavy atom. The van der Waals surface area contributed by atoms with E-state index in [0.29, 0.717) is 15.7 Å². The van der Waals surface area contributed by atoms with Gasteiger partial charge in [0.2, 0.25) is 0 Å². The third kappa shape index (κ3) is 2.48. The van der Waals surface area contributed by atoms with Gasteiger partial charge in [-0.05, 0) is 30.3 Å². The zero-order chi connectivity index (χ0) is 12.4. The Labute approximate surface area is 110 Å². The number of halogens is 2. The van der Waals surface area contributed by atoms with Gasteiger partial charge in [-0.25, -0.2) is 0 Å². The molecule has 4 heteroatoms. The van der Waals surface area contributed by atoms with Crippen LogP contribution in [0.3, 0.4) is 0 Å². The number of nitrogens with two attached hydrogens (primary N) is 1. The molecular formula is C13H11Cl2NO. The van der Waals surface area contributed by atoms with Gasteiger partial charge in [-0.2, -0.15) is 0 Å². The fraction of sp³-hybridized carbons (Fsp3) is 0.0769. The van der Waals surface area contributed by atoms with Crippen LogP contribution in [0.1, 0.15) is 0 Å². The maximum Gasteiger partial charge on any atom is 0.126 e. The monoisotopic (exact) mass is 267 g/mol. The molecule has 0 amide bonds. The van der Waals surface area contributed by atoms with Crippen molar-refractivity contribution in [2.24, 2.45) is 0 Å². The van der Waals surface area contributed by atoms with Gasteiger partial charge in [0.25, 0.3) is 0 Å². The quantitative estimate of drug-likeness (QED) is 0.826. The minimum absolute atomic E-state index is 0.575. The standard InChI is InChI=1S/C13H11Cl2NO/c1-17-13-5-2-8(14)6-11(13)10-4-3-9(16)7-12(10)15/h2-7H,16H2,1H3. The van der Waals surface area contributed by atoms with Gasteiger partial charge >= 0.3 is 0 Å². The molecule has 2 aromatic rings. The van der Waals surface area contributed by atoms with Crippen molar-refractivity contribution in [1.29, 1.82) is 0 Å². The van der Waals surface area contributed by atoms with Crippen LogP contribution >= 0.6 is 23.2 Å². The van der Waals surface area contributed by atoms with E-state index in [0.717, 1.165) is 16.9 Å². The van der Waals surface area contributed by atoms with Crippen LogP contribution in [0.25, 0.3) is 11.1 Å². The van der Waals surface area contributed by atoms with Gasteiger partial charge in [-0.3, -0.25) is 0 Å². The van der Waals surface area contributed by atoms with Gasteiger partial charge in [0.05, 0.1) is 12.1 Å². The van der Waals surface area contributed by atoms with Crippen molar-refractivity contribution >= 4 is 28.9 Å². The molecule has 17 heavy (non-hydrogen) atoms. The third-order valence-corrected chi connectivity index (χ3v) is 2.99. The van der Waals surface area contributed by atoms with Crippen molar-refractivity contribution in [2.45, 2.75) is 0 Å². The van der Waals surface area contributed by atoms with E-state index in [2.05, 4.69) is 0 Å². The molecule has 0 fully saturated rings. The molecule has 2 rings (SSSR count). The van der Waals surface area contributed by atoms with Crippen molar-refractivity contribution in [3.63, 3.8) is 0 Å². The zero-order valence-electron chi connectivity index (χ0n) is 9.21. The summed E-state index contributed by atoms with van der Waals surface area (Å²) in [6.07, 6.45) is 0. The lowest BCUT2D eigenvalue weighted by molar-refractivity contribution is 0.416. The molecular weight excluding hydrogens is 257 g/mol. The first-order valence-electron chi connectivity index (χ1n) is 5.01. The molecule has 0 heterocycles. The minimum Gasteiger partial charge on any atom is -0.496 e. The molecule has 0 aliphatic carbocycles. The summed E-state index contributed by atoms with van der Waals surface area (Å²) < 4.78 is 5.29. The summed E-state index contributed by atoms with van der Waals surface area (Å²) in [6, 6.07) is 10.8. The summed E-state index contributed by atoms with van der Waals surface area (Å²) in [5.41, 5.74) is 7.99. The second kappa shape index (κ2) is 4.86. The third-order valence-electron chi connectivity index (χ3n) is 2.44. The Balaban J connectivity index is 2.62. The van der Waals surface area contributed by atoms with Crippen molar-refractivity contribution < 1.29 is 4.74 Å². The highest BCUT2D eigenvalue weighted by atomic mass is 35.5. The van der Waals surface area contributed by atoms with Gasteiger partial charge in [0, 0.05) is 21.8 Å². The molecule has 0 saturated heterocycles. The summed E-state index contributed by atoms with van der Waals surface area (Å²) in [5, 5.41) is 1.21. The average molecular weight is 268 g/mol. The molecule has 2 N–H and O–H groups in total. The van der Waals surface area contributed by atoms with Crippen molar-refractivity contribution in [2.75, 3.05) is 12.8 Å². The van der Waals surface area contributed by atoms with Crippen LogP contribution < -0.4 is 10.5 Å². The lowest BCUT2D eigenvalue weighted by Crippen LogP contribution is -1.90. The molecule has 0 bridgehead atoms. The number of hydrogen-bond acceptors (Lipinski definition) is 2. The Morgan fingerprint density at radius 2 is 1.76 bits per heavy atom. The molecule has 2 aromatic carbocycles. The zero-order valence-corrected chi connectivity index (χ0v) is 10.7. The molecule has 0 unspecified atom stereocenters. The van der Waals surface area contributed by atoms with Crippen LogP contribution in [0.4, 0.5) is 5.69 Å². The van der Waals surface area contributed by atoms with E-state index in [9.17, 15) is 0 Å². The maximum absolute atomic E-state index is 6.17. The maximum atomic E-state index is 6.17. The molecule has 0 aliphatic rings. The Bertz CT molecular complexity index is 555. The van der Waals surface area contributed by atoms with E-state index in [4.69, 9.17) is 33.7 Å². The molecule has 0 radical (unpaired) electrons. The number of rotatable bonds is 2. The van der Waals surface area contributed by atoms with Gasteiger partial charge in [-0.1, -0.05) is 29.3 Å². The minimum atomic E-state index is 0.575. The fourth-order valence-electron chi connectivity index (χ4n) is 1.64. The Hall–Kier alpha value is -1.38. The number of ether oxygens (including phenoxy) is 1. The summed E-state index contributed by atoms with van der Waals surface area (Å²) >= 11 is 12.2. The number of anilines is 1. The van der Waals surface area contributed by atoms with E-state index in [1.54, 1.807) is 25.3 Å². The van der Waals surface area contributed by atoms with E-state index in [1.165, 1.54) is 0 Å².